The lowest BCUT2D eigenvalue weighted by atomic mass is 9.98. The lowest BCUT2D eigenvalue weighted by Crippen LogP contribution is -2.01. The first-order valence-electron chi connectivity index (χ1n) is 7.45. The minimum Gasteiger partial charge on any atom is -0.203 e. The summed E-state index contributed by atoms with van der Waals surface area (Å²) in [5, 5.41) is 0. The molecule has 0 spiro atoms. The first-order valence-corrected chi connectivity index (χ1v) is 7.45. The summed E-state index contributed by atoms with van der Waals surface area (Å²) in [6, 6.07) is 5.46. The van der Waals surface area contributed by atoms with Crippen molar-refractivity contribution in [1.29, 1.82) is 0 Å². The Morgan fingerprint density at radius 3 is 1.27 bits per heavy atom. The van der Waals surface area contributed by atoms with Crippen LogP contribution in [0.2, 0.25) is 0 Å². The minimum absolute atomic E-state index is 0.243. The van der Waals surface area contributed by atoms with Gasteiger partial charge in [0.15, 0.2) is 23.3 Å². The molecule has 118 valence electrons. The smallest absolute Gasteiger partial charge is 0.167 e. The van der Waals surface area contributed by atoms with E-state index in [1.165, 1.54) is 24.3 Å². The Bertz CT molecular complexity index is 618. The minimum atomic E-state index is -1.13. The molecule has 2 rings (SSSR count). The topological polar surface area (TPSA) is 0 Å². The van der Waals surface area contributed by atoms with Gasteiger partial charge >= 0.3 is 0 Å². The van der Waals surface area contributed by atoms with Gasteiger partial charge in [-0.2, -0.15) is 0 Å². The summed E-state index contributed by atoms with van der Waals surface area (Å²) in [6.07, 6.45) is 2.14. The van der Waals surface area contributed by atoms with E-state index in [9.17, 15) is 17.6 Å². The number of aryl methyl sites for hydroxylation is 2. The van der Waals surface area contributed by atoms with Gasteiger partial charge in [0.05, 0.1) is 0 Å². The van der Waals surface area contributed by atoms with Gasteiger partial charge in [0, 0.05) is 11.1 Å². The Morgan fingerprint density at radius 1 is 0.591 bits per heavy atom. The van der Waals surface area contributed by atoms with E-state index < -0.39 is 23.3 Å². The van der Waals surface area contributed by atoms with E-state index in [2.05, 4.69) is 0 Å². The van der Waals surface area contributed by atoms with Crippen LogP contribution in [-0.2, 0) is 12.8 Å². The van der Waals surface area contributed by atoms with E-state index >= 15 is 0 Å². The lowest BCUT2D eigenvalue weighted by Gasteiger charge is -2.11. The molecule has 0 saturated carbocycles. The highest BCUT2D eigenvalue weighted by molar-refractivity contribution is 5.66. The average Bonchev–Trinajstić information content (AvgIpc) is 2.50. The van der Waals surface area contributed by atoms with Crippen LogP contribution < -0.4 is 0 Å². The maximum absolute atomic E-state index is 14.2. The van der Waals surface area contributed by atoms with Gasteiger partial charge in [-0.05, 0) is 24.0 Å². The first kappa shape index (κ1) is 16.5. The second-order valence-electron chi connectivity index (χ2n) is 5.30. The number of benzene rings is 2. The molecular weight excluding hydrogens is 292 g/mol. The van der Waals surface area contributed by atoms with Crippen molar-refractivity contribution in [1.82, 2.24) is 0 Å². The van der Waals surface area contributed by atoms with Crippen molar-refractivity contribution in [2.24, 2.45) is 0 Å². The standard InChI is InChI=1S/C18H18F4/c1-3-5-11-7-9-13(17(21)15(11)19)14-10-8-12(6-4-2)16(20)18(14)22/h7-10H,3-6H2,1-2H3. The molecule has 0 saturated heterocycles. The third kappa shape index (κ3) is 3.01. The second kappa shape index (κ2) is 6.95. The Balaban J connectivity index is 2.53. The summed E-state index contributed by atoms with van der Waals surface area (Å²) >= 11 is 0. The van der Waals surface area contributed by atoms with Crippen LogP contribution >= 0.6 is 0 Å². The molecule has 22 heavy (non-hydrogen) atoms. The summed E-state index contributed by atoms with van der Waals surface area (Å²) in [4.78, 5) is 0. The molecule has 0 amide bonds. The fourth-order valence-corrected chi connectivity index (χ4v) is 2.52. The normalized spacial score (nSPS) is 11.0. The van der Waals surface area contributed by atoms with E-state index in [4.69, 9.17) is 0 Å². The van der Waals surface area contributed by atoms with Crippen molar-refractivity contribution in [2.45, 2.75) is 39.5 Å². The summed E-state index contributed by atoms with van der Waals surface area (Å²) in [7, 11) is 0. The zero-order valence-electron chi connectivity index (χ0n) is 12.6. The van der Waals surface area contributed by atoms with Crippen LogP contribution in [0.3, 0.4) is 0 Å². The van der Waals surface area contributed by atoms with Gasteiger partial charge in [0.2, 0.25) is 0 Å². The van der Waals surface area contributed by atoms with Crippen molar-refractivity contribution in [3.8, 4) is 11.1 Å². The molecule has 0 N–H and O–H groups in total. The Morgan fingerprint density at radius 2 is 0.955 bits per heavy atom. The van der Waals surface area contributed by atoms with Gasteiger partial charge in [-0.1, -0.05) is 51.0 Å². The molecule has 0 bridgehead atoms. The maximum atomic E-state index is 14.2. The van der Waals surface area contributed by atoms with Gasteiger partial charge in [-0.15, -0.1) is 0 Å². The number of rotatable bonds is 5. The summed E-state index contributed by atoms with van der Waals surface area (Å²) in [5.41, 5.74) is -0.0203. The first-order chi connectivity index (χ1) is 10.5. The number of halogens is 4. The van der Waals surface area contributed by atoms with Crippen molar-refractivity contribution < 1.29 is 17.6 Å². The van der Waals surface area contributed by atoms with Crippen LogP contribution in [0, 0.1) is 23.3 Å². The monoisotopic (exact) mass is 310 g/mol. The third-order valence-corrected chi connectivity index (χ3v) is 3.65. The van der Waals surface area contributed by atoms with Crippen molar-refractivity contribution >= 4 is 0 Å². The SMILES string of the molecule is CCCc1ccc(-c2ccc(CCC)c(F)c2F)c(F)c1F. The van der Waals surface area contributed by atoms with Crippen LogP contribution in [0.25, 0.3) is 11.1 Å². The molecule has 0 aliphatic heterocycles. The van der Waals surface area contributed by atoms with E-state index in [0.29, 0.717) is 25.7 Å². The van der Waals surface area contributed by atoms with Gasteiger partial charge in [-0.3, -0.25) is 0 Å². The number of hydrogen-bond acceptors (Lipinski definition) is 0. The Kier molecular flexibility index (Phi) is 5.22. The highest BCUT2D eigenvalue weighted by Crippen LogP contribution is 2.31. The van der Waals surface area contributed by atoms with Crippen molar-refractivity contribution in [2.75, 3.05) is 0 Å². The molecule has 2 aromatic rings. The Hall–Kier alpha value is -1.84. The van der Waals surface area contributed by atoms with Crippen LogP contribution in [-0.4, -0.2) is 0 Å². The molecular formula is C18H18F4. The zero-order chi connectivity index (χ0) is 16.3. The van der Waals surface area contributed by atoms with Crippen LogP contribution in [0.4, 0.5) is 17.6 Å². The molecule has 0 heterocycles. The molecule has 4 heteroatoms. The van der Waals surface area contributed by atoms with E-state index in [-0.39, 0.29) is 22.3 Å². The predicted octanol–water partition coefficient (Wildman–Crippen LogP) is 5.82. The highest BCUT2D eigenvalue weighted by Gasteiger charge is 2.20. The molecule has 0 aliphatic carbocycles. The fourth-order valence-electron chi connectivity index (χ4n) is 2.52. The summed E-state index contributed by atoms with van der Waals surface area (Å²) in [5.74, 6) is -4.24. The second-order valence-corrected chi connectivity index (χ2v) is 5.30. The van der Waals surface area contributed by atoms with E-state index in [1.54, 1.807) is 0 Å². The van der Waals surface area contributed by atoms with Gasteiger partial charge < -0.3 is 0 Å². The largest absolute Gasteiger partial charge is 0.203 e. The Labute approximate surface area is 127 Å². The lowest BCUT2D eigenvalue weighted by molar-refractivity contribution is 0.491. The molecule has 0 nitrogen and oxygen atoms in total. The maximum Gasteiger partial charge on any atom is 0.167 e. The van der Waals surface area contributed by atoms with Gasteiger partial charge in [-0.25, -0.2) is 17.6 Å². The third-order valence-electron chi connectivity index (χ3n) is 3.65. The molecule has 0 aromatic heterocycles. The zero-order valence-corrected chi connectivity index (χ0v) is 12.6. The van der Waals surface area contributed by atoms with Crippen LogP contribution in [0.15, 0.2) is 24.3 Å². The van der Waals surface area contributed by atoms with Crippen molar-refractivity contribution in [3.05, 3.63) is 58.7 Å². The van der Waals surface area contributed by atoms with Crippen LogP contribution in [0.1, 0.15) is 37.8 Å². The molecule has 0 unspecified atom stereocenters. The van der Waals surface area contributed by atoms with Gasteiger partial charge in [0.25, 0.3) is 0 Å². The summed E-state index contributed by atoms with van der Waals surface area (Å²) < 4.78 is 56.3. The molecule has 0 fully saturated rings. The van der Waals surface area contributed by atoms with Crippen molar-refractivity contribution in [3.63, 3.8) is 0 Å². The average molecular weight is 310 g/mol. The quantitative estimate of drug-likeness (QED) is 0.611. The molecule has 0 aliphatic rings. The van der Waals surface area contributed by atoms with Gasteiger partial charge in [0.1, 0.15) is 0 Å². The predicted molar refractivity (Wildman–Crippen MR) is 79.7 cm³/mol. The fraction of sp³-hybridized carbons (Fsp3) is 0.333. The molecule has 0 atom stereocenters. The molecule has 2 aromatic carbocycles. The number of hydrogen-bond donors (Lipinski definition) is 0. The molecule has 0 radical (unpaired) electrons. The summed E-state index contributed by atoms with van der Waals surface area (Å²) in [6.45, 7) is 3.71. The highest BCUT2D eigenvalue weighted by atomic mass is 19.2. The van der Waals surface area contributed by atoms with Crippen LogP contribution in [0.5, 0.6) is 0 Å². The van der Waals surface area contributed by atoms with E-state index in [0.717, 1.165) is 0 Å². The van der Waals surface area contributed by atoms with E-state index in [1.807, 2.05) is 13.8 Å².